The monoisotopic (exact) mass is 257 g/mol. The Kier molecular flexibility index (Phi) is 4.45. The van der Waals surface area contributed by atoms with Crippen molar-refractivity contribution in [1.82, 2.24) is 0 Å². The van der Waals surface area contributed by atoms with Gasteiger partial charge in [-0.25, -0.2) is 0 Å². The molecular weight excluding hydrogens is 238 g/mol. The molecule has 0 bridgehead atoms. The van der Waals surface area contributed by atoms with Crippen LogP contribution in [0.1, 0.15) is 22.3 Å². The summed E-state index contributed by atoms with van der Waals surface area (Å²) >= 11 is 1.89. The third-order valence-electron chi connectivity index (χ3n) is 2.98. The van der Waals surface area contributed by atoms with Crippen LogP contribution in [-0.2, 0) is 12.3 Å². The van der Waals surface area contributed by atoms with Gasteiger partial charge in [0.25, 0.3) is 0 Å². The van der Waals surface area contributed by atoms with Crippen molar-refractivity contribution in [3.8, 4) is 0 Å². The van der Waals surface area contributed by atoms with Gasteiger partial charge in [0.1, 0.15) is 0 Å². The van der Waals surface area contributed by atoms with E-state index in [4.69, 9.17) is 5.73 Å². The third kappa shape index (κ3) is 3.37. The van der Waals surface area contributed by atoms with Gasteiger partial charge in [-0.15, -0.1) is 11.8 Å². The molecule has 0 aromatic heterocycles. The maximum atomic E-state index is 5.59. The molecule has 0 amide bonds. The number of hydrogen-bond donors (Lipinski definition) is 1. The first-order valence-electron chi connectivity index (χ1n) is 6.17. The van der Waals surface area contributed by atoms with Gasteiger partial charge >= 0.3 is 0 Å². The van der Waals surface area contributed by atoms with Gasteiger partial charge in [-0.1, -0.05) is 42.0 Å². The summed E-state index contributed by atoms with van der Waals surface area (Å²) < 4.78 is 0. The smallest absolute Gasteiger partial charge is 0.0232 e. The minimum absolute atomic E-state index is 0.616. The number of thioether (sulfide) groups is 1. The van der Waals surface area contributed by atoms with E-state index in [-0.39, 0.29) is 0 Å². The predicted octanol–water partition coefficient (Wildman–Crippen LogP) is 4.05. The Morgan fingerprint density at radius 2 is 1.61 bits per heavy atom. The van der Waals surface area contributed by atoms with Crippen molar-refractivity contribution < 1.29 is 0 Å². The lowest BCUT2D eigenvalue weighted by Crippen LogP contribution is -1.95. The molecule has 0 heterocycles. The molecule has 2 N–H and O–H groups in total. The molecule has 0 spiro atoms. The zero-order valence-corrected chi connectivity index (χ0v) is 11.8. The summed E-state index contributed by atoms with van der Waals surface area (Å²) in [5.74, 6) is 1.01. The lowest BCUT2D eigenvalue weighted by atomic mass is 10.1. The summed E-state index contributed by atoms with van der Waals surface area (Å²) in [6.45, 7) is 4.92. The Hall–Kier alpha value is -1.25. The van der Waals surface area contributed by atoms with Crippen molar-refractivity contribution in [1.29, 1.82) is 0 Å². The molecular formula is C16H19NS. The minimum atomic E-state index is 0.616. The summed E-state index contributed by atoms with van der Waals surface area (Å²) in [6.07, 6.45) is 0. The largest absolute Gasteiger partial charge is 0.326 e. The summed E-state index contributed by atoms with van der Waals surface area (Å²) in [5, 5.41) is 0. The van der Waals surface area contributed by atoms with Gasteiger partial charge in [0.15, 0.2) is 0 Å². The van der Waals surface area contributed by atoms with E-state index in [2.05, 4.69) is 56.3 Å². The highest BCUT2D eigenvalue weighted by atomic mass is 32.2. The van der Waals surface area contributed by atoms with Crippen molar-refractivity contribution in [3.63, 3.8) is 0 Å². The Morgan fingerprint density at radius 1 is 0.944 bits per heavy atom. The van der Waals surface area contributed by atoms with E-state index >= 15 is 0 Å². The molecule has 2 aromatic carbocycles. The summed E-state index contributed by atoms with van der Waals surface area (Å²) in [5.41, 5.74) is 10.8. The first-order valence-corrected chi connectivity index (χ1v) is 7.15. The van der Waals surface area contributed by atoms with Crippen LogP contribution in [-0.4, -0.2) is 0 Å². The van der Waals surface area contributed by atoms with E-state index in [1.54, 1.807) is 0 Å². The summed E-state index contributed by atoms with van der Waals surface area (Å²) in [4.78, 5) is 1.36. The molecule has 0 saturated carbocycles. The average Bonchev–Trinajstić information content (AvgIpc) is 2.38. The second kappa shape index (κ2) is 6.07. The van der Waals surface area contributed by atoms with Gasteiger partial charge in [-0.2, -0.15) is 0 Å². The molecule has 0 unspecified atom stereocenters. The number of rotatable bonds is 4. The van der Waals surface area contributed by atoms with E-state index in [1.807, 2.05) is 11.8 Å². The van der Waals surface area contributed by atoms with Crippen molar-refractivity contribution in [2.24, 2.45) is 5.73 Å². The van der Waals surface area contributed by atoms with Crippen molar-refractivity contribution in [2.45, 2.75) is 31.0 Å². The summed E-state index contributed by atoms with van der Waals surface area (Å²) in [6, 6.07) is 15.2. The third-order valence-corrected chi connectivity index (χ3v) is 4.23. The molecule has 0 aliphatic heterocycles. The van der Waals surface area contributed by atoms with Crippen molar-refractivity contribution >= 4 is 11.8 Å². The number of aryl methyl sites for hydroxylation is 2. The molecule has 18 heavy (non-hydrogen) atoms. The highest BCUT2D eigenvalue weighted by Gasteiger charge is 2.00. The van der Waals surface area contributed by atoms with Crippen LogP contribution in [0, 0.1) is 13.8 Å². The lowest BCUT2D eigenvalue weighted by Gasteiger charge is -2.07. The fourth-order valence-electron chi connectivity index (χ4n) is 1.89. The number of nitrogens with two attached hydrogens (primary N) is 1. The second-order valence-electron chi connectivity index (χ2n) is 4.58. The van der Waals surface area contributed by atoms with Crippen LogP contribution in [0.4, 0.5) is 0 Å². The Balaban J connectivity index is 2.02. The molecule has 0 atom stereocenters. The van der Waals surface area contributed by atoms with E-state index in [1.165, 1.54) is 27.1 Å². The Morgan fingerprint density at radius 3 is 2.22 bits per heavy atom. The van der Waals surface area contributed by atoms with Crippen molar-refractivity contribution in [2.75, 3.05) is 0 Å². The first-order chi connectivity index (χ1) is 8.69. The molecule has 0 fully saturated rings. The molecule has 0 aliphatic carbocycles. The quantitative estimate of drug-likeness (QED) is 0.836. The fraction of sp³-hybridized carbons (Fsp3) is 0.250. The number of benzene rings is 2. The minimum Gasteiger partial charge on any atom is -0.326 e. The van der Waals surface area contributed by atoms with Gasteiger partial charge in [0.05, 0.1) is 0 Å². The maximum Gasteiger partial charge on any atom is 0.0232 e. The molecule has 0 radical (unpaired) electrons. The van der Waals surface area contributed by atoms with Crippen LogP contribution < -0.4 is 5.73 Å². The van der Waals surface area contributed by atoms with Crippen LogP contribution >= 0.6 is 11.8 Å². The molecule has 0 aliphatic rings. The second-order valence-corrected chi connectivity index (χ2v) is 5.60. The average molecular weight is 257 g/mol. The molecule has 0 saturated heterocycles. The fourth-order valence-corrected chi connectivity index (χ4v) is 2.86. The van der Waals surface area contributed by atoms with E-state index < -0.39 is 0 Å². The van der Waals surface area contributed by atoms with Crippen LogP contribution in [0.3, 0.4) is 0 Å². The maximum absolute atomic E-state index is 5.59. The molecule has 2 aromatic rings. The molecule has 94 valence electrons. The number of hydrogen-bond acceptors (Lipinski definition) is 2. The highest BCUT2D eigenvalue weighted by molar-refractivity contribution is 7.98. The van der Waals surface area contributed by atoms with E-state index in [0.29, 0.717) is 6.54 Å². The predicted molar refractivity (Wildman–Crippen MR) is 79.8 cm³/mol. The van der Waals surface area contributed by atoms with Crippen molar-refractivity contribution in [3.05, 3.63) is 64.7 Å². The molecule has 2 heteroatoms. The van der Waals surface area contributed by atoms with E-state index in [9.17, 15) is 0 Å². The van der Waals surface area contributed by atoms with Crippen LogP contribution in [0.25, 0.3) is 0 Å². The van der Waals surface area contributed by atoms with Gasteiger partial charge in [-0.3, -0.25) is 0 Å². The van der Waals surface area contributed by atoms with Gasteiger partial charge in [-0.05, 0) is 36.6 Å². The normalized spacial score (nSPS) is 10.6. The lowest BCUT2D eigenvalue weighted by molar-refractivity contribution is 1.07. The van der Waals surface area contributed by atoms with Gasteiger partial charge < -0.3 is 5.73 Å². The Labute approximate surface area is 113 Å². The zero-order chi connectivity index (χ0) is 13.0. The first kappa shape index (κ1) is 13.2. The topological polar surface area (TPSA) is 26.0 Å². The summed E-state index contributed by atoms with van der Waals surface area (Å²) in [7, 11) is 0. The highest BCUT2D eigenvalue weighted by Crippen LogP contribution is 2.26. The van der Waals surface area contributed by atoms with Crippen LogP contribution in [0.15, 0.2) is 47.4 Å². The van der Waals surface area contributed by atoms with Gasteiger partial charge in [0.2, 0.25) is 0 Å². The SMILES string of the molecule is Cc1ccc(SCc2ccc(CN)cc2)c(C)c1. The van der Waals surface area contributed by atoms with Crippen LogP contribution in [0.2, 0.25) is 0 Å². The van der Waals surface area contributed by atoms with E-state index in [0.717, 1.165) is 5.75 Å². The molecule has 1 nitrogen and oxygen atoms in total. The van der Waals surface area contributed by atoms with Crippen LogP contribution in [0.5, 0.6) is 0 Å². The Bertz CT molecular complexity index is 517. The zero-order valence-electron chi connectivity index (χ0n) is 10.9. The van der Waals surface area contributed by atoms with Gasteiger partial charge in [0, 0.05) is 17.2 Å². The molecule has 2 rings (SSSR count). The standard InChI is InChI=1S/C16H19NS/c1-12-3-8-16(13(2)9-12)18-11-15-6-4-14(10-17)5-7-15/h3-9H,10-11,17H2,1-2H3.